The average Bonchev–Trinajstić information content (AvgIpc) is 2.87. The molecule has 0 aliphatic rings. The number of halogens is 1. The highest BCUT2D eigenvalue weighted by Crippen LogP contribution is 2.15. The summed E-state index contributed by atoms with van der Waals surface area (Å²) in [5.41, 5.74) is 2.25. The van der Waals surface area contributed by atoms with Crippen LogP contribution in [0.3, 0.4) is 0 Å². The predicted octanol–water partition coefficient (Wildman–Crippen LogP) is 2.55. The number of hydrogen-bond donors (Lipinski definition) is 2. The van der Waals surface area contributed by atoms with Crippen molar-refractivity contribution in [3.8, 4) is 0 Å². The number of nitrogens with zero attached hydrogens (tertiary/aromatic N) is 3. The molecule has 134 valence electrons. The third kappa shape index (κ3) is 5.94. The van der Waals surface area contributed by atoms with Crippen LogP contribution in [0, 0.1) is 6.92 Å². The summed E-state index contributed by atoms with van der Waals surface area (Å²) in [5, 5.41) is 6.49. The van der Waals surface area contributed by atoms with Gasteiger partial charge in [0, 0.05) is 33.3 Å². The Morgan fingerprint density at radius 3 is 2.83 bits per heavy atom. The highest BCUT2D eigenvalue weighted by molar-refractivity contribution is 14.0. The summed E-state index contributed by atoms with van der Waals surface area (Å²) < 4.78 is 7.30. The maximum absolute atomic E-state index is 5.04. The number of aromatic nitrogens is 2. The summed E-state index contributed by atoms with van der Waals surface area (Å²) >= 11 is 0. The fourth-order valence-corrected chi connectivity index (χ4v) is 2.51. The number of aliphatic imine (C=N–C) groups is 1. The molecule has 0 fully saturated rings. The van der Waals surface area contributed by atoms with E-state index < -0.39 is 0 Å². The Kier molecular flexibility index (Phi) is 9.70. The van der Waals surface area contributed by atoms with Crippen molar-refractivity contribution < 1.29 is 4.74 Å². The zero-order valence-corrected chi connectivity index (χ0v) is 17.0. The molecule has 0 radical (unpaired) electrons. The van der Waals surface area contributed by atoms with Crippen molar-refractivity contribution in [2.45, 2.75) is 26.8 Å². The number of benzene rings is 1. The molecular formula is C17H28IN5O. The number of methoxy groups -OCH3 is 1. The number of nitrogens with one attached hydrogen (secondary N) is 2. The van der Waals surface area contributed by atoms with Gasteiger partial charge in [-0.25, -0.2) is 4.98 Å². The van der Waals surface area contributed by atoms with Gasteiger partial charge >= 0.3 is 0 Å². The van der Waals surface area contributed by atoms with Crippen LogP contribution in [-0.4, -0.2) is 48.9 Å². The molecule has 2 rings (SSSR count). The number of rotatable bonds is 8. The van der Waals surface area contributed by atoms with E-state index in [1.807, 2.05) is 6.07 Å². The van der Waals surface area contributed by atoms with Gasteiger partial charge in [0.1, 0.15) is 5.82 Å². The predicted molar refractivity (Wildman–Crippen MR) is 110 cm³/mol. The lowest BCUT2D eigenvalue weighted by atomic mass is 10.3. The summed E-state index contributed by atoms with van der Waals surface area (Å²) in [4.78, 5) is 9.19. The fourth-order valence-electron chi connectivity index (χ4n) is 2.51. The molecule has 7 heteroatoms. The molecule has 24 heavy (non-hydrogen) atoms. The summed E-state index contributed by atoms with van der Waals surface area (Å²) in [6, 6.07) is 8.26. The topological polar surface area (TPSA) is 63.5 Å². The summed E-state index contributed by atoms with van der Waals surface area (Å²) in [6.07, 6.45) is 0.974. The lowest BCUT2D eigenvalue weighted by Gasteiger charge is -2.11. The number of fused-ring (bicyclic) bond motifs is 1. The Morgan fingerprint density at radius 1 is 1.29 bits per heavy atom. The smallest absolute Gasteiger partial charge is 0.191 e. The quantitative estimate of drug-likeness (QED) is 0.284. The molecular weight excluding hydrogens is 417 g/mol. The minimum absolute atomic E-state index is 0. The minimum Gasteiger partial charge on any atom is -0.383 e. The van der Waals surface area contributed by atoms with E-state index in [1.54, 1.807) is 7.11 Å². The largest absolute Gasteiger partial charge is 0.383 e. The van der Waals surface area contributed by atoms with Crippen LogP contribution in [0.2, 0.25) is 0 Å². The van der Waals surface area contributed by atoms with Gasteiger partial charge in [0.05, 0.1) is 17.6 Å². The zero-order valence-electron chi connectivity index (χ0n) is 14.7. The van der Waals surface area contributed by atoms with E-state index in [2.05, 4.69) is 57.2 Å². The van der Waals surface area contributed by atoms with Gasteiger partial charge in [-0.1, -0.05) is 12.1 Å². The first-order valence-electron chi connectivity index (χ1n) is 8.19. The van der Waals surface area contributed by atoms with Gasteiger partial charge in [-0.2, -0.15) is 0 Å². The van der Waals surface area contributed by atoms with Crippen LogP contribution in [0.25, 0.3) is 11.0 Å². The molecule has 0 unspecified atom stereocenters. The molecule has 1 aromatic heterocycles. The number of hydrogen-bond acceptors (Lipinski definition) is 3. The maximum Gasteiger partial charge on any atom is 0.191 e. The van der Waals surface area contributed by atoms with Crippen molar-refractivity contribution in [1.82, 2.24) is 20.2 Å². The molecule has 6 nitrogen and oxygen atoms in total. The van der Waals surface area contributed by atoms with Crippen molar-refractivity contribution in [1.29, 1.82) is 0 Å². The molecule has 0 aliphatic carbocycles. The van der Waals surface area contributed by atoms with Crippen LogP contribution in [-0.2, 0) is 11.3 Å². The third-order valence-electron chi connectivity index (χ3n) is 3.60. The van der Waals surface area contributed by atoms with E-state index in [1.165, 1.54) is 5.52 Å². The van der Waals surface area contributed by atoms with Crippen molar-refractivity contribution in [2.24, 2.45) is 4.99 Å². The van der Waals surface area contributed by atoms with Crippen molar-refractivity contribution in [3.63, 3.8) is 0 Å². The highest BCUT2D eigenvalue weighted by atomic mass is 127. The van der Waals surface area contributed by atoms with E-state index in [9.17, 15) is 0 Å². The standard InChI is InChI=1S/C17H27N5O.HI/c1-4-18-17(20-11-13-23-3)19-10-7-12-22-14(2)21-15-8-5-6-9-16(15)22;/h5-6,8-9H,4,7,10-13H2,1-3H3,(H2,18,19,20);1H. The SMILES string of the molecule is CCNC(=NCCCn1c(C)nc2ccccc21)NCCOC.I. The fraction of sp³-hybridized carbons (Fsp3) is 0.529. The highest BCUT2D eigenvalue weighted by Gasteiger charge is 2.05. The van der Waals surface area contributed by atoms with Crippen LogP contribution in [0.5, 0.6) is 0 Å². The molecule has 0 bridgehead atoms. The van der Waals surface area contributed by atoms with Gasteiger partial charge < -0.3 is 19.9 Å². The van der Waals surface area contributed by atoms with E-state index in [4.69, 9.17) is 4.74 Å². The Balaban J connectivity index is 0.00000288. The second-order valence-electron chi connectivity index (χ2n) is 5.33. The van der Waals surface area contributed by atoms with Crippen molar-refractivity contribution in [2.75, 3.05) is 33.4 Å². The van der Waals surface area contributed by atoms with Gasteiger partial charge in [0.25, 0.3) is 0 Å². The monoisotopic (exact) mass is 445 g/mol. The van der Waals surface area contributed by atoms with Crippen molar-refractivity contribution >= 4 is 41.0 Å². The lowest BCUT2D eigenvalue weighted by Crippen LogP contribution is -2.39. The number of imidazole rings is 1. The van der Waals surface area contributed by atoms with Gasteiger partial charge in [0.2, 0.25) is 0 Å². The number of aryl methyl sites for hydroxylation is 2. The van der Waals surface area contributed by atoms with Gasteiger partial charge in [-0.3, -0.25) is 4.99 Å². The molecule has 0 atom stereocenters. The van der Waals surface area contributed by atoms with Crippen LogP contribution >= 0.6 is 24.0 Å². The summed E-state index contributed by atoms with van der Waals surface area (Å²) in [5.74, 6) is 1.90. The normalized spacial score (nSPS) is 11.4. The van der Waals surface area contributed by atoms with Gasteiger partial charge in [0.15, 0.2) is 5.96 Å². The van der Waals surface area contributed by atoms with Crippen LogP contribution in [0.4, 0.5) is 0 Å². The minimum atomic E-state index is 0. The Labute approximate surface area is 161 Å². The first-order chi connectivity index (χ1) is 11.3. The molecule has 0 saturated carbocycles. The second kappa shape index (κ2) is 11.2. The van der Waals surface area contributed by atoms with Crippen molar-refractivity contribution in [3.05, 3.63) is 30.1 Å². The molecule has 1 heterocycles. The van der Waals surface area contributed by atoms with Gasteiger partial charge in [-0.15, -0.1) is 24.0 Å². The lowest BCUT2D eigenvalue weighted by molar-refractivity contribution is 0.203. The van der Waals surface area contributed by atoms with Gasteiger partial charge in [-0.05, 0) is 32.4 Å². The number of guanidine groups is 1. The Morgan fingerprint density at radius 2 is 2.08 bits per heavy atom. The maximum atomic E-state index is 5.04. The van der Waals surface area contributed by atoms with E-state index >= 15 is 0 Å². The first kappa shape index (κ1) is 20.7. The molecule has 0 amide bonds. The molecule has 0 spiro atoms. The van der Waals surface area contributed by atoms with Crippen LogP contribution < -0.4 is 10.6 Å². The Bertz CT molecular complexity index is 641. The Hall–Kier alpha value is -1.35. The molecule has 0 saturated heterocycles. The average molecular weight is 445 g/mol. The second-order valence-corrected chi connectivity index (χ2v) is 5.33. The van der Waals surface area contributed by atoms with E-state index in [0.29, 0.717) is 6.61 Å². The van der Waals surface area contributed by atoms with Crippen LogP contribution in [0.15, 0.2) is 29.3 Å². The summed E-state index contributed by atoms with van der Waals surface area (Å²) in [6.45, 7) is 8.10. The van der Waals surface area contributed by atoms with E-state index in [-0.39, 0.29) is 24.0 Å². The number of ether oxygens (including phenoxy) is 1. The van der Waals surface area contributed by atoms with Crippen LogP contribution in [0.1, 0.15) is 19.2 Å². The first-order valence-corrected chi connectivity index (χ1v) is 8.19. The third-order valence-corrected chi connectivity index (χ3v) is 3.60. The number of para-hydroxylation sites is 2. The van der Waals surface area contributed by atoms with E-state index in [0.717, 1.165) is 49.9 Å². The molecule has 2 N–H and O–H groups in total. The zero-order chi connectivity index (χ0) is 16.5. The molecule has 0 aliphatic heterocycles. The molecule has 1 aromatic carbocycles. The summed E-state index contributed by atoms with van der Waals surface area (Å²) in [7, 11) is 1.70. The molecule has 2 aromatic rings.